The van der Waals surface area contributed by atoms with E-state index in [1.165, 1.54) is 17.3 Å². The van der Waals surface area contributed by atoms with Gasteiger partial charge in [-0.1, -0.05) is 86.9 Å². The van der Waals surface area contributed by atoms with Gasteiger partial charge in [-0.05, 0) is 36.8 Å². The lowest BCUT2D eigenvalue weighted by molar-refractivity contribution is 0.391. The molecule has 5 rings (SSSR count). The molecule has 6 nitrogen and oxygen atoms in total. The van der Waals surface area contributed by atoms with Crippen LogP contribution in [0, 0.1) is 6.92 Å². The van der Waals surface area contributed by atoms with Gasteiger partial charge in [0.1, 0.15) is 0 Å². The smallest absolute Gasteiger partial charge is 0.262 e. The quantitative estimate of drug-likeness (QED) is 0.207. The molecule has 0 fully saturated rings. The molecule has 0 radical (unpaired) electrons. The summed E-state index contributed by atoms with van der Waals surface area (Å²) in [7, 11) is 0. The summed E-state index contributed by atoms with van der Waals surface area (Å²) in [6, 6.07) is 23.3. The standard InChI is InChI=1S/C25H19BrN4O2S/c1-16-9-11-17(12-10-16)14-30-24(31)20-7-2-3-8-21(20)27-25(30)33-15-22-28-23(29-32-22)18-5-4-6-19(26)13-18/h2-13H,14-15H2,1H3. The fourth-order valence-electron chi connectivity index (χ4n) is 3.46. The number of fused-ring (bicyclic) bond motifs is 1. The molecule has 3 aromatic carbocycles. The lowest BCUT2D eigenvalue weighted by atomic mass is 10.1. The summed E-state index contributed by atoms with van der Waals surface area (Å²) < 4.78 is 8.11. The fraction of sp³-hybridized carbons (Fsp3) is 0.120. The largest absolute Gasteiger partial charge is 0.338 e. The normalized spacial score (nSPS) is 11.2. The Hall–Kier alpha value is -3.23. The van der Waals surface area contributed by atoms with Crippen molar-refractivity contribution in [3.63, 3.8) is 0 Å². The Bertz CT molecular complexity index is 1490. The molecule has 164 valence electrons. The van der Waals surface area contributed by atoms with Crippen LogP contribution in [-0.4, -0.2) is 19.7 Å². The van der Waals surface area contributed by atoms with E-state index in [9.17, 15) is 4.79 Å². The fourth-order valence-corrected chi connectivity index (χ4v) is 4.69. The van der Waals surface area contributed by atoms with E-state index in [4.69, 9.17) is 9.51 Å². The summed E-state index contributed by atoms with van der Waals surface area (Å²) in [6.07, 6.45) is 0. The van der Waals surface area contributed by atoms with Gasteiger partial charge in [-0.3, -0.25) is 9.36 Å². The van der Waals surface area contributed by atoms with E-state index < -0.39 is 0 Å². The first-order valence-corrected chi connectivity index (χ1v) is 12.1. The lowest BCUT2D eigenvalue weighted by Gasteiger charge is -2.13. The second kappa shape index (κ2) is 9.33. The van der Waals surface area contributed by atoms with Gasteiger partial charge in [-0.25, -0.2) is 4.98 Å². The van der Waals surface area contributed by atoms with Crippen LogP contribution in [0.15, 0.2) is 91.7 Å². The second-order valence-electron chi connectivity index (χ2n) is 7.60. The highest BCUT2D eigenvalue weighted by Crippen LogP contribution is 2.25. The number of benzene rings is 3. The van der Waals surface area contributed by atoms with Crippen molar-refractivity contribution in [2.24, 2.45) is 0 Å². The van der Waals surface area contributed by atoms with Crippen molar-refractivity contribution in [1.29, 1.82) is 0 Å². The first kappa shape index (κ1) is 21.6. The summed E-state index contributed by atoms with van der Waals surface area (Å²) in [5.41, 5.74) is 3.69. The zero-order chi connectivity index (χ0) is 22.8. The molecule has 2 aromatic heterocycles. The van der Waals surface area contributed by atoms with Gasteiger partial charge in [-0.2, -0.15) is 4.98 Å². The average Bonchev–Trinajstić information content (AvgIpc) is 3.30. The minimum absolute atomic E-state index is 0.0657. The van der Waals surface area contributed by atoms with Crippen LogP contribution in [0.5, 0.6) is 0 Å². The maximum atomic E-state index is 13.3. The number of hydrogen-bond donors (Lipinski definition) is 0. The molecule has 5 aromatic rings. The molecule has 0 saturated heterocycles. The van der Waals surface area contributed by atoms with E-state index in [0.717, 1.165) is 15.6 Å². The monoisotopic (exact) mass is 518 g/mol. The number of para-hydroxylation sites is 1. The van der Waals surface area contributed by atoms with Crippen LogP contribution in [0.25, 0.3) is 22.3 Å². The zero-order valence-corrected chi connectivity index (χ0v) is 20.1. The van der Waals surface area contributed by atoms with Crippen molar-refractivity contribution in [1.82, 2.24) is 19.7 Å². The van der Waals surface area contributed by atoms with Gasteiger partial charge in [0.05, 0.1) is 23.2 Å². The van der Waals surface area contributed by atoms with Gasteiger partial charge in [0.25, 0.3) is 5.56 Å². The maximum Gasteiger partial charge on any atom is 0.262 e. The predicted molar refractivity (Wildman–Crippen MR) is 133 cm³/mol. The van der Waals surface area contributed by atoms with Crippen molar-refractivity contribution in [3.8, 4) is 11.4 Å². The Kier molecular flexibility index (Phi) is 6.11. The van der Waals surface area contributed by atoms with Gasteiger partial charge in [0, 0.05) is 10.0 Å². The Morgan fingerprint density at radius 2 is 1.82 bits per heavy atom. The van der Waals surface area contributed by atoms with Crippen molar-refractivity contribution >= 4 is 38.6 Å². The lowest BCUT2D eigenvalue weighted by Crippen LogP contribution is -2.24. The molecule has 0 aliphatic rings. The molecule has 0 amide bonds. The molecule has 0 bridgehead atoms. The summed E-state index contributed by atoms with van der Waals surface area (Å²) in [5.74, 6) is 1.40. The minimum Gasteiger partial charge on any atom is -0.338 e. The van der Waals surface area contributed by atoms with Crippen LogP contribution in [0.3, 0.4) is 0 Å². The third kappa shape index (κ3) is 4.77. The molecular formula is C25H19BrN4O2S. The van der Waals surface area contributed by atoms with Crippen LogP contribution in [-0.2, 0) is 12.3 Å². The molecule has 33 heavy (non-hydrogen) atoms. The Labute approximate surface area is 202 Å². The minimum atomic E-state index is -0.0657. The van der Waals surface area contributed by atoms with Crippen molar-refractivity contribution < 1.29 is 4.52 Å². The zero-order valence-electron chi connectivity index (χ0n) is 17.7. The highest BCUT2D eigenvalue weighted by Gasteiger charge is 2.15. The van der Waals surface area contributed by atoms with Crippen molar-refractivity contribution in [2.45, 2.75) is 24.4 Å². The summed E-state index contributed by atoms with van der Waals surface area (Å²) >= 11 is 4.87. The van der Waals surface area contributed by atoms with Crippen molar-refractivity contribution in [2.75, 3.05) is 0 Å². The molecular weight excluding hydrogens is 500 g/mol. The van der Waals surface area contributed by atoms with E-state index in [1.807, 2.05) is 79.7 Å². The Balaban J connectivity index is 1.46. The third-order valence-electron chi connectivity index (χ3n) is 5.16. The molecule has 0 atom stereocenters. The van der Waals surface area contributed by atoms with E-state index in [1.54, 1.807) is 4.57 Å². The molecule has 0 unspecified atom stereocenters. The molecule has 0 aliphatic carbocycles. The summed E-state index contributed by atoms with van der Waals surface area (Å²) in [6.45, 7) is 2.48. The Morgan fingerprint density at radius 1 is 1.00 bits per heavy atom. The van der Waals surface area contributed by atoms with Gasteiger partial charge >= 0.3 is 0 Å². The molecule has 0 saturated carbocycles. The van der Waals surface area contributed by atoms with E-state index in [2.05, 4.69) is 26.1 Å². The van der Waals surface area contributed by atoms with E-state index in [-0.39, 0.29) is 5.56 Å². The van der Waals surface area contributed by atoms with Gasteiger partial charge in [0.2, 0.25) is 11.7 Å². The first-order valence-electron chi connectivity index (χ1n) is 10.3. The van der Waals surface area contributed by atoms with Gasteiger partial charge in [0.15, 0.2) is 5.16 Å². The van der Waals surface area contributed by atoms with Crippen LogP contribution in [0.2, 0.25) is 0 Å². The number of rotatable bonds is 6. The maximum absolute atomic E-state index is 13.3. The summed E-state index contributed by atoms with van der Waals surface area (Å²) in [5, 5.41) is 5.31. The number of nitrogens with zero attached hydrogens (tertiary/aromatic N) is 4. The topological polar surface area (TPSA) is 73.8 Å². The predicted octanol–water partition coefficient (Wildman–Crippen LogP) is 5.86. The molecule has 2 heterocycles. The first-order chi connectivity index (χ1) is 16.1. The molecule has 0 spiro atoms. The van der Waals surface area contributed by atoms with Crippen LogP contribution in [0.1, 0.15) is 17.0 Å². The highest BCUT2D eigenvalue weighted by molar-refractivity contribution is 9.10. The highest BCUT2D eigenvalue weighted by atomic mass is 79.9. The summed E-state index contributed by atoms with van der Waals surface area (Å²) in [4.78, 5) is 22.6. The number of hydrogen-bond acceptors (Lipinski definition) is 6. The van der Waals surface area contributed by atoms with E-state index in [0.29, 0.717) is 40.1 Å². The number of thioether (sulfide) groups is 1. The van der Waals surface area contributed by atoms with Crippen molar-refractivity contribution in [3.05, 3.63) is 105 Å². The van der Waals surface area contributed by atoms with Crippen LogP contribution in [0.4, 0.5) is 0 Å². The third-order valence-corrected chi connectivity index (χ3v) is 6.62. The number of aryl methyl sites for hydroxylation is 1. The number of aromatic nitrogens is 4. The second-order valence-corrected chi connectivity index (χ2v) is 9.46. The molecule has 8 heteroatoms. The SMILES string of the molecule is Cc1ccc(Cn2c(SCc3nc(-c4cccc(Br)c4)no3)nc3ccccc3c2=O)cc1. The van der Waals surface area contributed by atoms with Crippen LogP contribution >= 0.6 is 27.7 Å². The molecule has 0 aliphatic heterocycles. The average molecular weight is 519 g/mol. The van der Waals surface area contributed by atoms with Gasteiger partial charge in [-0.15, -0.1) is 0 Å². The number of halogens is 1. The van der Waals surface area contributed by atoms with E-state index >= 15 is 0 Å². The van der Waals surface area contributed by atoms with Gasteiger partial charge < -0.3 is 4.52 Å². The van der Waals surface area contributed by atoms with Crippen LogP contribution < -0.4 is 5.56 Å². The molecule has 0 N–H and O–H groups in total. The Morgan fingerprint density at radius 3 is 2.64 bits per heavy atom.